The van der Waals surface area contributed by atoms with E-state index in [2.05, 4.69) is 76.3 Å². The van der Waals surface area contributed by atoms with Crippen LogP contribution in [0.5, 0.6) is 0 Å². The van der Waals surface area contributed by atoms with Crippen molar-refractivity contribution in [1.82, 2.24) is 58.6 Å². The Morgan fingerprint density at radius 2 is 0.878 bits per heavy atom. The van der Waals surface area contributed by atoms with E-state index in [4.69, 9.17) is 36.6 Å². The van der Waals surface area contributed by atoms with Gasteiger partial charge in [0.1, 0.15) is 80.5 Å². The molecule has 31 nitrogen and oxygen atoms in total. The smallest absolute Gasteiger partial charge is 0.334 e. The molecule has 1 aliphatic rings. The van der Waals surface area contributed by atoms with Gasteiger partial charge in [-0.15, -0.1) is 0 Å². The summed E-state index contributed by atoms with van der Waals surface area (Å²) < 4.78 is 41.1. The van der Waals surface area contributed by atoms with Crippen molar-refractivity contribution >= 4 is 94.9 Å². The number of unbranched alkanes of at least 4 members (excludes halogenated alkanes) is 6. The summed E-state index contributed by atoms with van der Waals surface area (Å²) in [6.45, 7) is 2.71. The molecule has 32 heteroatoms. The molecule has 9 aromatic rings. The lowest BCUT2D eigenvalue weighted by Crippen LogP contribution is -2.47. The zero-order valence-corrected chi connectivity index (χ0v) is 54.1. The minimum Gasteiger partial charge on any atom is -0.426 e. The van der Waals surface area contributed by atoms with Crippen molar-refractivity contribution in [2.75, 3.05) is 68.8 Å². The number of fused-ring (bicyclic) bond motifs is 3. The van der Waals surface area contributed by atoms with Crippen molar-refractivity contribution in [2.24, 2.45) is 0 Å². The summed E-state index contributed by atoms with van der Waals surface area (Å²) in [4.78, 5) is 150. The number of aryl methyl sites for hydroxylation is 3. The van der Waals surface area contributed by atoms with Crippen LogP contribution in [0.4, 0.5) is 17.5 Å². The number of benzene rings is 3. The van der Waals surface area contributed by atoms with E-state index in [1.54, 1.807) is 0 Å². The quantitative estimate of drug-likeness (QED) is 0.0105. The predicted octanol–water partition coefficient (Wildman–Crippen LogP) is 4.21. The summed E-state index contributed by atoms with van der Waals surface area (Å²) in [6.07, 6.45) is 10.1. The number of carbonyl (C=O) groups excluding carboxylic acids is 6. The number of rotatable bonds is 31. The second-order valence-corrected chi connectivity index (χ2v) is 21.9. The molecule has 3 aromatic carbocycles. The zero-order valence-electron chi connectivity index (χ0n) is 56.1. The van der Waals surface area contributed by atoms with Gasteiger partial charge in [0.15, 0.2) is 34.4 Å². The molecule has 7 N–H and O–H groups in total. The Kier molecular flexibility index (Phi) is 29.2. The van der Waals surface area contributed by atoms with Crippen molar-refractivity contribution in [3.8, 4) is 0 Å². The second-order valence-electron chi connectivity index (χ2n) is 21.9. The van der Waals surface area contributed by atoms with Crippen LogP contribution in [-0.4, -0.2) is 169 Å². The molecule has 1 fully saturated rings. The summed E-state index contributed by atoms with van der Waals surface area (Å²) in [5, 5.41) is 19.5. The summed E-state index contributed by atoms with van der Waals surface area (Å²) in [5.74, 6) is -2.46. The summed E-state index contributed by atoms with van der Waals surface area (Å²) in [5.41, 5.74) is 3.34. The van der Waals surface area contributed by atoms with Crippen molar-refractivity contribution < 1.29 is 62.7 Å². The number of esters is 2. The molecule has 4 amide bonds. The highest BCUT2D eigenvalue weighted by atomic mass is 16.7. The monoisotopic (exact) mass is 1360 g/mol. The number of carbonyl (C=O) groups is 6. The van der Waals surface area contributed by atoms with Gasteiger partial charge in [0.2, 0.25) is 6.79 Å². The highest BCUT2D eigenvalue weighted by Gasteiger charge is 2.33. The highest BCUT2D eigenvalue weighted by Crippen LogP contribution is 2.26. The first-order valence-corrected chi connectivity index (χ1v) is 31.4. The number of H-pyrrole nitrogens is 3. The molecule has 0 atom stereocenters. The van der Waals surface area contributed by atoms with Crippen molar-refractivity contribution in [2.45, 2.75) is 125 Å². The van der Waals surface area contributed by atoms with E-state index in [0.717, 1.165) is 79.4 Å². The van der Waals surface area contributed by atoms with E-state index in [9.17, 15) is 43.2 Å². The molecule has 0 spiro atoms. The van der Waals surface area contributed by atoms with Gasteiger partial charge in [-0.25, -0.2) is 58.8 Å². The number of hydrogen-bond donors (Lipinski definition) is 7. The fraction of sp³-hybridized carbons (Fsp3) is 0.409. The second kappa shape index (κ2) is 39.0. The molecule has 98 heavy (non-hydrogen) atoms. The lowest BCUT2D eigenvalue weighted by atomic mass is 10.2. The Hall–Kier alpha value is -10.4. The van der Waals surface area contributed by atoms with E-state index in [0.29, 0.717) is 68.6 Å². The lowest BCUT2D eigenvalue weighted by molar-refractivity contribution is -0.172. The van der Waals surface area contributed by atoms with Gasteiger partial charge >= 0.3 is 29.0 Å². The molecule has 521 valence electrons. The number of aliphatic hydroxyl groups is 2. The van der Waals surface area contributed by atoms with Crippen molar-refractivity contribution in [3.63, 3.8) is 0 Å². The molecule has 0 aliphatic carbocycles. The van der Waals surface area contributed by atoms with Gasteiger partial charge in [0, 0.05) is 19.3 Å². The number of nitrogens with zero attached hydrogens (tertiary/aromatic N) is 10. The highest BCUT2D eigenvalue weighted by molar-refractivity contribution is 6.19. The molecule has 10 rings (SSSR count). The van der Waals surface area contributed by atoms with E-state index in [1.165, 1.54) is 13.7 Å². The van der Waals surface area contributed by atoms with Crippen LogP contribution < -0.4 is 32.6 Å². The first-order chi connectivity index (χ1) is 48.0. The summed E-state index contributed by atoms with van der Waals surface area (Å²) >= 11 is 0. The number of aromatic nitrogens is 12. The SMILES string of the molecule is C.CCCCCc1nc(N2C(=O)COCC2=O)c2[nH]c(=O)n(Cc3ccccc3)c2n1.CCCCCc1nc(NC(=O)COCC(=O)OCOC(=O)COCC(=O)Nc2nc(CCCCC)nc3c2[nH]c(=O)n3Cc2ccccc2)c2[nH]c(=O)n(Cc3ccccc3)c2n1.OCO.[2H][B][3H]. The van der Waals surface area contributed by atoms with Crippen LogP contribution in [0.15, 0.2) is 105 Å². The summed E-state index contributed by atoms with van der Waals surface area (Å²) in [6, 6.07) is 28.4. The predicted molar refractivity (Wildman–Crippen MR) is 365 cm³/mol. The number of morpholine rings is 1. The Morgan fingerprint density at radius 1 is 0.541 bits per heavy atom. The van der Waals surface area contributed by atoms with Crippen molar-refractivity contribution in [1.29, 1.82) is 2.67 Å². The normalized spacial score (nSPS) is 12.0. The Morgan fingerprint density at radius 3 is 1.23 bits per heavy atom. The molecule has 1 saturated heterocycles. The van der Waals surface area contributed by atoms with Gasteiger partial charge in [-0.3, -0.25) is 32.9 Å². The Labute approximate surface area is 567 Å². The van der Waals surface area contributed by atoms with Crippen LogP contribution >= 0.6 is 0 Å². The molecular weight excluding hydrogens is 1270 g/mol. The third-order valence-corrected chi connectivity index (χ3v) is 14.6. The topological polar surface area (TPSA) is 407 Å². The average molecular weight is 1360 g/mol. The molecule has 7 heterocycles. The fourth-order valence-corrected chi connectivity index (χ4v) is 9.99. The van der Waals surface area contributed by atoms with Crippen LogP contribution in [0.1, 0.15) is 120 Å². The molecule has 0 unspecified atom stereocenters. The fourth-order valence-electron chi connectivity index (χ4n) is 9.99. The Balaban J connectivity index is 0.000000353. The molecule has 0 saturated carbocycles. The Bertz CT molecular complexity index is 4130. The number of ether oxygens (including phenoxy) is 5. The third kappa shape index (κ3) is 21.6. The molecule has 0 bridgehead atoms. The minimum absolute atomic E-state index is 0. The number of hydrogen-bond acceptors (Lipinski definition) is 22. The van der Waals surface area contributed by atoms with E-state index in [-0.39, 0.29) is 73.4 Å². The van der Waals surface area contributed by atoms with Crippen LogP contribution in [0, 0.1) is 0 Å². The van der Waals surface area contributed by atoms with Crippen LogP contribution in [0.3, 0.4) is 0 Å². The number of anilines is 3. The van der Waals surface area contributed by atoms with Gasteiger partial charge in [0.05, 0.1) is 28.0 Å². The maximum atomic E-state index is 13.0. The van der Waals surface area contributed by atoms with Gasteiger partial charge < -0.3 is 59.5 Å². The first-order valence-electron chi connectivity index (χ1n) is 32.6. The van der Waals surface area contributed by atoms with Crippen molar-refractivity contribution in [3.05, 3.63) is 157 Å². The third-order valence-electron chi connectivity index (χ3n) is 14.6. The first kappa shape index (κ1) is 73.4. The number of aliphatic hydroxyl groups excluding tert-OH is 1. The largest absolute Gasteiger partial charge is 0.426 e. The van der Waals surface area contributed by atoms with Crippen LogP contribution in [0.2, 0.25) is 0 Å². The lowest BCUT2D eigenvalue weighted by Gasteiger charge is -2.24. The number of amides is 4. The zero-order chi connectivity index (χ0) is 71.1. The molecule has 1 radical (unpaired) electrons. The average Bonchev–Trinajstić information content (AvgIpc) is 1.60. The van der Waals surface area contributed by atoms with E-state index >= 15 is 0 Å². The molecule has 1 aliphatic heterocycles. The maximum Gasteiger partial charge on any atom is 0.334 e. The van der Waals surface area contributed by atoms with E-state index < -0.39 is 87.0 Å². The maximum absolute atomic E-state index is 13.0. The van der Waals surface area contributed by atoms with Crippen LogP contribution in [0.25, 0.3) is 33.5 Å². The van der Waals surface area contributed by atoms with E-state index in [1.807, 2.05) is 91.0 Å². The van der Waals surface area contributed by atoms with Crippen LogP contribution in [-0.2, 0) is 91.3 Å². The van der Waals surface area contributed by atoms with Gasteiger partial charge in [-0.05, 0) is 38.6 Å². The number of aromatic amines is 3. The van der Waals surface area contributed by atoms with Gasteiger partial charge in [-0.2, -0.15) is 0 Å². The molecule has 6 aromatic heterocycles. The number of imide groups is 1. The molecular formula is C66H83BN15O16. The van der Waals surface area contributed by atoms with Gasteiger partial charge in [-0.1, -0.05) is 158 Å². The standard InChI is InChI=1S/C43H50N10O10.C21H23N5O4.CH4O2.CH4.BH2/c1-3-5-9-19-30-44-38(36-40(46-30)52(42(58)50-36)21-28-15-11-7-12-16-28)48-32(54)23-60-25-34(56)62-27-63-35(57)26-61-24-33(55)49-39-37-41(47-31(45-39)20-10-6-4-2)53(43(59)51-37)22-29-17-13-8-14-18-29;1-2-3-5-10-15-22-19-18(20(23-15)26-16(27)12-30-13-17(26)28)24-21(29)25(19)11-14-8-6-4-7-9-14;2-1-3;;/h7-8,11-18H,3-6,9-10,19-27H2,1-2H3,(H,50,58)(H,51,59)(H,44,46,48,54)(H,45,47,49,55);4,6-9H,2-3,5,10-13H2,1H3,(H,24,29);2-3H,1H2;1H4;1H2/i;;;;1TD. The van der Waals surface area contributed by atoms with Gasteiger partial charge in [0.25, 0.3) is 23.6 Å². The number of nitrogens with one attached hydrogen (secondary N) is 5. The number of imidazole rings is 3. The minimum atomic E-state index is -0.929. The summed E-state index contributed by atoms with van der Waals surface area (Å²) in [7, 11) is 0.500.